The van der Waals surface area contributed by atoms with Gasteiger partial charge >= 0.3 is 0 Å². The second-order valence-electron chi connectivity index (χ2n) is 7.96. The molecule has 7 heteroatoms. The molecule has 3 aromatic rings. The number of carbonyl (C=O) groups is 1. The molecule has 32 heavy (non-hydrogen) atoms. The first-order chi connectivity index (χ1) is 15.3. The van der Waals surface area contributed by atoms with Crippen LogP contribution in [0.25, 0.3) is 0 Å². The van der Waals surface area contributed by atoms with Crippen molar-refractivity contribution in [1.29, 1.82) is 0 Å². The summed E-state index contributed by atoms with van der Waals surface area (Å²) in [5.41, 5.74) is 1.35. The van der Waals surface area contributed by atoms with Crippen molar-refractivity contribution in [2.45, 2.75) is 31.2 Å². The number of nitrogens with zero attached hydrogens (tertiary/aromatic N) is 1. The van der Waals surface area contributed by atoms with Gasteiger partial charge < -0.3 is 5.32 Å². The molecular formula is C25H27ClN2O3S. The monoisotopic (exact) mass is 470 g/mol. The van der Waals surface area contributed by atoms with Crippen molar-refractivity contribution in [1.82, 2.24) is 5.32 Å². The molecule has 1 atom stereocenters. The van der Waals surface area contributed by atoms with Crippen LogP contribution in [0.1, 0.15) is 31.9 Å². The molecule has 1 N–H and O–H groups in total. The van der Waals surface area contributed by atoms with Gasteiger partial charge in [0.1, 0.15) is 6.54 Å². The summed E-state index contributed by atoms with van der Waals surface area (Å²) >= 11 is 5.99. The lowest BCUT2D eigenvalue weighted by atomic mass is 9.97. The molecular weight excluding hydrogens is 444 g/mol. The van der Waals surface area contributed by atoms with Crippen molar-refractivity contribution in [3.8, 4) is 0 Å². The second kappa shape index (κ2) is 10.7. The average molecular weight is 471 g/mol. The van der Waals surface area contributed by atoms with Crippen LogP contribution in [0, 0.1) is 5.92 Å². The Labute approximate surface area is 195 Å². The summed E-state index contributed by atoms with van der Waals surface area (Å²) < 4.78 is 27.9. The minimum absolute atomic E-state index is 0.115. The molecule has 0 fully saturated rings. The zero-order valence-corrected chi connectivity index (χ0v) is 19.7. The maximum Gasteiger partial charge on any atom is 0.264 e. The Morgan fingerprint density at radius 1 is 0.906 bits per heavy atom. The Hall–Kier alpha value is -2.83. The second-order valence-corrected chi connectivity index (χ2v) is 10.3. The fourth-order valence-electron chi connectivity index (χ4n) is 3.45. The van der Waals surface area contributed by atoms with Crippen LogP contribution in [0.2, 0.25) is 5.02 Å². The Kier molecular flexibility index (Phi) is 7.94. The number of carbonyl (C=O) groups excluding carboxylic acids is 1. The van der Waals surface area contributed by atoms with E-state index in [1.54, 1.807) is 42.5 Å². The highest BCUT2D eigenvalue weighted by molar-refractivity contribution is 7.92. The highest BCUT2D eigenvalue weighted by Gasteiger charge is 2.28. The van der Waals surface area contributed by atoms with Gasteiger partial charge in [0, 0.05) is 5.02 Å². The Morgan fingerprint density at radius 3 is 2.03 bits per heavy atom. The average Bonchev–Trinajstić information content (AvgIpc) is 2.78. The van der Waals surface area contributed by atoms with Crippen molar-refractivity contribution in [3.63, 3.8) is 0 Å². The van der Waals surface area contributed by atoms with E-state index in [2.05, 4.69) is 19.2 Å². The van der Waals surface area contributed by atoms with Crippen molar-refractivity contribution >= 4 is 33.2 Å². The number of nitrogens with one attached hydrogen (secondary N) is 1. The van der Waals surface area contributed by atoms with Gasteiger partial charge in [-0.05, 0) is 54.3 Å². The van der Waals surface area contributed by atoms with Crippen LogP contribution in [0.4, 0.5) is 5.69 Å². The number of sulfonamides is 1. The molecule has 168 valence electrons. The zero-order valence-electron chi connectivity index (χ0n) is 18.1. The van der Waals surface area contributed by atoms with Crippen LogP contribution in [-0.2, 0) is 14.8 Å². The molecule has 0 heterocycles. The van der Waals surface area contributed by atoms with Gasteiger partial charge in [-0.1, -0.05) is 74.0 Å². The van der Waals surface area contributed by atoms with Gasteiger partial charge in [-0.2, -0.15) is 0 Å². The number of halogens is 1. The maximum absolute atomic E-state index is 13.4. The van der Waals surface area contributed by atoms with E-state index in [1.165, 1.54) is 12.1 Å². The van der Waals surface area contributed by atoms with Crippen LogP contribution in [0.15, 0.2) is 89.8 Å². The molecule has 5 nitrogen and oxygen atoms in total. The van der Waals surface area contributed by atoms with E-state index in [1.807, 2.05) is 30.3 Å². The largest absolute Gasteiger partial charge is 0.348 e. The highest BCUT2D eigenvalue weighted by atomic mass is 35.5. The van der Waals surface area contributed by atoms with Gasteiger partial charge in [0.25, 0.3) is 10.0 Å². The van der Waals surface area contributed by atoms with Gasteiger partial charge in [-0.15, -0.1) is 0 Å². The number of anilines is 1. The molecule has 3 aromatic carbocycles. The summed E-state index contributed by atoms with van der Waals surface area (Å²) in [4.78, 5) is 13.2. The predicted octanol–water partition coefficient (Wildman–Crippen LogP) is 5.44. The van der Waals surface area contributed by atoms with Crippen LogP contribution in [-0.4, -0.2) is 20.9 Å². The van der Waals surface area contributed by atoms with Gasteiger partial charge in [0.15, 0.2) is 0 Å². The van der Waals surface area contributed by atoms with Gasteiger partial charge in [-0.25, -0.2) is 8.42 Å². The quantitative estimate of drug-likeness (QED) is 0.453. The number of amides is 1. The minimum atomic E-state index is -3.96. The van der Waals surface area contributed by atoms with Crippen molar-refractivity contribution in [3.05, 3.63) is 95.5 Å². The third-order valence-electron chi connectivity index (χ3n) is 4.98. The van der Waals surface area contributed by atoms with Gasteiger partial charge in [0.2, 0.25) is 5.91 Å². The number of hydrogen-bond donors (Lipinski definition) is 1. The number of hydrogen-bond acceptors (Lipinski definition) is 3. The van der Waals surface area contributed by atoms with E-state index in [0.29, 0.717) is 16.6 Å². The van der Waals surface area contributed by atoms with Crippen LogP contribution < -0.4 is 9.62 Å². The first-order valence-corrected chi connectivity index (χ1v) is 12.3. The van der Waals surface area contributed by atoms with Crippen molar-refractivity contribution in [2.24, 2.45) is 5.92 Å². The number of rotatable bonds is 9. The molecule has 0 bridgehead atoms. The standard InChI is InChI=1S/C25H27ClN2O3S/c1-19(2)17-24(20-9-5-3-6-10-20)27-25(29)18-28(22-15-13-21(26)14-16-22)32(30,31)23-11-7-4-8-12-23/h3-16,19,24H,17-18H2,1-2H3,(H,27,29). The summed E-state index contributed by atoms with van der Waals surface area (Å²) in [5, 5.41) is 3.51. The third-order valence-corrected chi connectivity index (χ3v) is 7.02. The summed E-state index contributed by atoms with van der Waals surface area (Å²) in [6, 6.07) is 24.0. The summed E-state index contributed by atoms with van der Waals surface area (Å²) in [7, 11) is -3.96. The van der Waals surface area contributed by atoms with Crippen molar-refractivity contribution < 1.29 is 13.2 Å². The predicted molar refractivity (Wildman–Crippen MR) is 129 cm³/mol. The van der Waals surface area contributed by atoms with Crippen molar-refractivity contribution in [2.75, 3.05) is 10.8 Å². The first-order valence-electron chi connectivity index (χ1n) is 10.4. The summed E-state index contributed by atoms with van der Waals surface area (Å²) in [6.07, 6.45) is 0.738. The van der Waals surface area contributed by atoms with Gasteiger partial charge in [-0.3, -0.25) is 9.10 Å². The first kappa shape index (κ1) is 23.8. The normalized spacial score (nSPS) is 12.4. The lowest BCUT2D eigenvalue weighted by Gasteiger charge is -2.26. The molecule has 0 saturated carbocycles. The number of benzene rings is 3. The molecule has 0 aliphatic rings. The molecule has 0 spiro atoms. The van der Waals surface area contributed by atoms with Crippen LogP contribution in [0.5, 0.6) is 0 Å². The molecule has 0 aliphatic carbocycles. The Bertz CT molecular complexity index is 1120. The van der Waals surface area contributed by atoms with E-state index in [9.17, 15) is 13.2 Å². The summed E-state index contributed by atoms with van der Waals surface area (Å²) in [5.74, 6) is -0.0325. The molecule has 1 unspecified atom stereocenters. The minimum Gasteiger partial charge on any atom is -0.348 e. The van der Waals surface area contributed by atoms with E-state index in [-0.39, 0.29) is 23.4 Å². The zero-order chi connectivity index (χ0) is 23.1. The molecule has 0 radical (unpaired) electrons. The fourth-order valence-corrected chi connectivity index (χ4v) is 5.02. The molecule has 3 rings (SSSR count). The lowest BCUT2D eigenvalue weighted by Crippen LogP contribution is -2.42. The Balaban J connectivity index is 1.90. The lowest BCUT2D eigenvalue weighted by molar-refractivity contribution is -0.120. The SMILES string of the molecule is CC(C)CC(NC(=O)CN(c1ccc(Cl)cc1)S(=O)(=O)c1ccccc1)c1ccccc1. The van der Waals surface area contributed by atoms with Crippen LogP contribution >= 0.6 is 11.6 Å². The molecule has 0 saturated heterocycles. The maximum atomic E-state index is 13.4. The fraction of sp³-hybridized carbons (Fsp3) is 0.240. The van der Waals surface area contributed by atoms with E-state index < -0.39 is 10.0 Å². The van der Waals surface area contributed by atoms with E-state index >= 15 is 0 Å². The highest BCUT2D eigenvalue weighted by Crippen LogP contribution is 2.26. The van der Waals surface area contributed by atoms with E-state index in [0.717, 1.165) is 16.3 Å². The third kappa shape index (κ3) is 6.11. The molecule has 1 amide bonds. The Morgan fingerprint density at radius 2 is 1.47 bits per heavy atom. The van der Waals surface area contributed by atoms with E-state index in [4.69, 9.17) is 11.6 Å². The molecule has 0 aromatic heterocycles. The smallest absolute Gasteiger partial charge is 0.264 e. The van der Waals surface area contributed by atoms with Gasteiger partial charge in [0.05, 0.1) is 16.6 Å². The molecule has 0 aliphatic heterocycles. The topological polar surface area (TPSA) is 66.5 Å². The summed E-state index contributed by atoms with van der Waals surface area (Å²) in [6.45, 7) is 3.82. The van der Waals surface area contributed by atoms with Crippen LogP contribution in [0.3, 0.4) is 0 Å².